The summed E-state index contributed by atoms with van der Waals surface area (Å²) in [5, 5.41) is 11.3. The van der Waals surface area contributed by atoms with E-state index in [2.05, 4.69) is 36.4 Å². The number of amides is 1. The van der Waals surface area contributed by atoms with Gasteiger partial charge in [0, 0.05) is 37.7 Å². The molecule has 0 unspecified atom stereocenters. The number of aryl methyl sites for hydroxylation is 2. The fourth-order valence-corrected chi connectivity index (χ4v) is 2.38. The molecule has 3 rings (SSSR count). The molecule has 0 spiro atoms. The van der Waals surface area contributed by atoms with Crippen LogP contribution in [0, 0.1) is 6.92 Å². The van der Waals surface area contributed by atoms with Crippen LogP contribution in [-0.2, 0) is 6.54 Å². The van der Waals surface area contributed by atoms with Crippen LogP contribution in [0.25, 0.3) is 5.65 Å². The van der Waals surface area contributed by atoms with Crippen molar-refractivity contribution in [2.24, 2.45) is 0 Å². The lowest BCUT2D eigenvalue weighted by atomic mass is 10.3. The van der Waals surface area contributed by atoms with Crippen LogP contribution in [0.5, 0.6) is 0 Å². The number of fused-ring (bicyclic) bond motifs is 1. The molecule has 3 heterocycles. The Bertz CT molecular complexity index is 809. The Labute approximate surface area is 135 Å². The molecule has 0 saturated heterocycles. The van der Waals surface area contributed by atoms with Crippen LogP contribution in [0.4, 0.5) is 0 Å². The van der Waals surface area contributed by atoms with Gasteiger partial charge in [-0.05, 0) is 34.8 Å². The van der Waals surface area contributed by atoms with Gasteiger partial charge in [0.1, 0.15) is 0 Å². The van der Waals surface area contributed by atoms with E-state index >= 15 is 0 Å². The minimum Gasteiger partial charge on any atom is -0.351 e. The average molecular weight is 363 g/mol. The van der Waals surface area contributed by atoms with Crippen LogP contribution in [0.2, 0.25) is 0 Å². The zero-order chi connectivity index (χ0) is 15.5. The fourth-order valence-electron chi connectivity index (χ4n) is 2.09. The molecule has 7 nitrogen and oxygen atoms in total. The Morgan fingerprint density at radius 3 is 3.00 bits per heavy atom. The van der Waals surface area contributed by atoms with Gasteiger partial charge in [-0.3, -0.25) is 9.48 Å². The summed E-state index contributed by atoms with van der Waals surface area (Å²) in [4.78, 5) is 16.3. The van der Waals surface area contributed by atoms with Gasteiger partial charge in [-0.2, -0.15) is 10.2 Å². The molecule has 1 amide bonds. The Morgan fingerprint density at radius 1 is 1.36 bits per heavy atom. The molecule has 3 aromatic heterocycles. The van der Waals surface area contributed by atoms with Gasteiger partial charge in [0.05, 0.1) is 10.7 Å². The molecule has 0 fully saturated rings. The number of hydrogen-bond donors (Lipinski definition) is 1. The number of hydrogen-bond acceptors (Lipinski definition) is 4. The van der Waals surface area contributed by atoms with Crippen molar-refractivity contribution in [1.82, 2.24) is 29.7 Å². The Hall–Kier alpha value is -2.22. The van der Waals surface area contributed by atoms with Gasteiger partial charge in [-0.1, -0.05) is 0 Å². The third-order valence-electron chi connectivity index (χ3n) is 3.13. The van der Waals surface area contributed by atoms with Crippen molar-refractivity contribution in [3.63, 3.8) is 0 Å². The number of halogens is 1. The van der Waals surface area contributed by atoms with Crippen molar-refractivity contribution in [1.29, 1.82) is 0 Å². The van der Waals surface area contributed by atoms with Gasteiger partial charge in [0.15, 0.2) is 11.3 Å². The predicted molar refractivity (Wildman–Crippen MR) is 84.6 cm³/mol. The van der Waals surface area contributed by atoms with Gasteiger partial charge in [-0.25, -0.2) is 9.50 Å². The Kier molecular flexibility index (Phi) is 4.19. The Morgan fingerprint density at radius 2 is 2.23 bits per heavy atom. The molecule has 0 atom stereocenters. The summed E-state index contributed by atoms with van der Waals surface area (Å²) in [5.74, 6) is -0.196. The van der Waals surface area contributed by atoms with Crippen molar-refractivity contribution in [3.8, 4) is 0 Å². The molecular formula is C14H15BrN6O. The maximum atomic E-state index is 12.1. The minimum atomic E-state index is -0.196. The Balaban J connectivity index is 1.54. The SMILES string of the molecule is Cc1cnn(CCCNC(=O)c2cc3ncc(Br)cn3n2)c1. The van der Waals surface area contributed by atoms with Crippen LogP contribution in [0.15, 0.2) is 35.3 Å². The first-order valence-corrected chi connectivity index (χ1v) is 7.69. The number of carbonyl (C=O) groups is 1. The first kappa shape index (κ1) is 14.7. The van der Waals surface area contributed by atoms with E-state index in [9.17, 15) is 4.79 Å². The molecule has 8 heteroatoms. The molecular weight excluding hydrogens is 348 g/mol. The van der Waals surface area contributed by atoms with Gasteiger partial charge in [0.25, 0.3) is 5.91 Å². The maximum absolute atomic E-state index is 12.1. The van der Waals surface area contributed by atoms with Crippen LogP contribution in [0.1, 0.15) is 22.5 Å². The van der Waals surface area contributed by atoms with E-state index < -0.39 is 0 Å². The molecule has 0 aliphatic rings. The summed E-state index contributed by atoms with van der Waals surface area (Å²) < 4.78 is 4.25. The summed E-state index contributed by atoms with van der Waals surface area (Å²) in [6.45, 7) is 3.34. The van der Waals surface area contributed by atoms with E-state index in [4.69, 9.17) is 0 Å². The molecule has 1 N–H and O–H groups in total. The summed E-state index contributed by atoms with van der Waals surface area (Å²) in [5.41, 5.74) is 2.13. The van der Waals surface area contributed by atoms with E-state index in [1.54, 1.807) is 23.0 Å². The molecule has 0 radical (unpaired) electrons. The highest BCUT2D eigenvalue weighted by Crippen LogP contribution is 2.10. The summed E-state index contributed by atoms with van der Waals surface area (Å²) in [7, 11) is 0. The van der Waals surface area contributed by atoms with Crippen molar-refractivity contribution >= 4 is 27.5 Å². The first-order chi connectivity index (χ1) is 10.6. The van der Waals surface area contributed by atoms with Crippen LogP contribution in [-0.4, -0.2) is 36.8 Å². The summed E-state index contributed by atoms with van der Waals surface area (Å²) in [6.07, 6.45) is 8.04. The van der Waals surface area contributed by atoms with E-state index in [0.29, 0.717) is 17.9 Å². The maximum Gasteiger partial charge on any atom is 0.271 e. The fraction of sp³-hybridized carbons (Fsp3) is 0.286. The number of nitrogens with zero attached hydrogens (tertiary/aromatic N) is 5. The third-order valence-corrected chi connectivity index (χ3v) is 3.54. The predicted octanol–water partition coefficient (Wildman–Crippen LogP) is 1.82. The molecule has 3 aromatic rings. The van der Waals surface area contributed by atoms with E-state index in [1.807, 2.05) is 24.0 Å². The molecule has 0 saturated carbocycles. The molecule has 22 heavy (non-hydrogen) atoms. The second-order valence-corrected chi connectivity index (χ2v) is 5.91. The third kappa shape index (κ3) is 3.33. The molecule has 0 aliphatic heterocycles. The lowest BCUT2D eigenvalue weighted by molar-refractivity contribution is 0.0947. The molecule has 114 valence electrons. The number of aromatic nitrogens is 5. The summed E-state index contributed by atoms with van der Waals surface area (Å²) >= 11 is 3.32. The smallest absolute Gasteiger partial charge is 0.271 e. The number of rotatable bonds is 5. The standard InChI is InChI=1S/C14H15BrN6O/c1-10-6-18-20(8-10)4-2-3-16-14(22)12-5-13-17-7-11(15)9-21(13)19-12/h5-9H,2-4H2,1H3,(H,16,22). The highest BCUT2D eigenvalue weighted by molar-refractivity contribution is 9.10. The summed E-state index contributed by atoms with van der Waals surface area (Å²) in [6, 6.07) is 1.67. The van der Waals surface area contributed by atoms with Gasteiger partial charge >= 0.3 is 0 Å². The van der Waals surface area contributed by atoms with Crippen molar-refractivity contribution in [3.05, 3.63) is 46.6 Å². The first-order valence-electron chi connectivity index (χ1n) is 6.90. The minimum absolute atomic E-state index is 0.196. The molecule has 0 aliphatic carbocycles. The van der Waals surface area contributed by atoms with E-state index in [0.717, 1.165) is 23.0 Å². The molecule has 0 bridgehead atoms. The highest BCUT2D eigenvalue weighted by Gasteiger charge is 2.11. The van der Waals surface area contributed by atoms with Gasteiger partial charge in [0.2, 0.25) is 0 Å². The van der Waals surface area contributed by atoms with Crippen molar-refractivity contribution in [2.75, 3.05) is 6.54 Å². The van der Waals surface area contributed by atoms with E-state index in [-0.39, 0.29) is 5.91 Å². The second-order valence-electron chi connectivity index (χ2n) is 4.99. The quantitative estimate of drug-likeness (QED) is 0.702. The average Bonchev–Trinajstić information content (AvgIpc) is 3.09. The normalized spacial score (nSPS) is 11.0. The zero-order valence-electron chi connectivity index (χ0n) is 12.0. The lowest BCUT2D eigenvalue weighted by Gasteiger charge is -2.03. The zero-order valence-corrected chi connectivity index (χ0v) is 13.6. The van der Waals surface area contributed by atoms with Crippen molar-refractivity contribution < 1.29 is 4.79 Å². The topological polar surface area (TPSA) is 77.1 Å². The van der Waals surface area contributed by atoms with Gasteiger partial charge < -0.3 is 5.32 Å². The molecule has 0 aromatic carbocycles. The monoisotopic (exact) mass is 362 g/mol. The second kappa shape index (κ2) is 6.27. The largest absolute Gasteiger partial charge is 0.351 e. The van der Waals surface area contributed by atoms with Crippen molar-refractivity contribution in [2.45, 2.75) is 19.9 Å². The van der Waals surface area contributed by atoms with Crippen LogP contribution < -0.4 is 5.32 Å². The van der Waals surface area contributed by atoms with E-state index in [1.165, 1.54) is 0 Å². The van der Waals surface area contributed by atoms with Crippen LogP contribution >= 0.6 is 15.9 Å². The number of nitrogens with one attached hydrogen (secondary N) is 1. The lowest BCUT2D eigenvalue weighted by Crippen LogP contribution is -2.25. The number of carbonyl (C=O) groups excluding carboxylic acids is 1. The van der Waals surface area contributed by atoms with Gasteiger partial charge in [-0.15, -0.1) is 0 Å². The highest BCUT2D eigenvalue weighted by atomic mass is 79.9. The van der Waals surface area contributed by atoms with Crippen LogP contribution in [0.3, 0.4) is 0 Å².